The molecule has 3 aliphatic heterocycles. The van der Waals surface area contributed by atoms with Crippen molar-refractivity contribution in [3.05, 3.63) is 59.9 Å². The van der Waals surface area contributed by atoms with Gasteiger partial charge in [0.25, 0.3) is 0 Å². The van der Waals surface area contributed by atoms with E-state index in [1.165, 1.54) is 19.2 Å². The molecule has 0 spiro atoms. The summed E-state index contributed by atoms with van der Waals surface area (Å²) in [6.07, 6.45) is 9.36. The highest BCUT2D eigenvalue weighted by Gasteiger charge is 2.40. The molecule has 4 atom stereocenters. The molecule has 4 aliphatic rings. The van der Waals surface area contributed by atoms with Crippen LogP contribution in [0.25, 0.3) is 21.9 Å². The second kappa shape index (κ2) is 16.3. The number of fused-ring (bicyclic) bond motifs is 1. The van der Waals surface area contributed by atoms with Gasteiger partial charge in [-0.05, 0) is 90.6 Å². The zero-order chi connectivity index (χ0) is 37.8. The summed E-state index contributed by atoms with van der Waals surface area (Å²) in [6.45, 7) is 8.23. The Morgan fingerprint density at radius 1 is 0.792 bits per heavy atom. The van der Waals surface area contributed by atoms with Crippen molar-refractivity contribution in [3.63, 3.8) is 0 Å². The van der Waals surface area contributed by atoms with Crippen molar-refractivity contribution in [2.24, 2.45) is 27.7 Å². The first-order chi connectivity index (χ1) is 25.5. The molecule has 282 valence electrons. The smallest absolute Gasteiger partial charge is 0.425 e. The van der Waals surface area contributed by atoms with Gasteiger partial charge in [-0.2, -0.15) is 0 Å². The number of nitrogens with zero attached hydrogens (tertiary/aromatic N) is 4. The number of ether oxygens (including phenoxy) is 2. The molecule has 3 heterocycles. The van der Waals surface area contributed by atoms with Crippen molar-refractivity contribution in [2.45, 2.75) is 97.2 Å². The van der Waals surface area contributed by atoms with Crippen LogP contribution in [0, 0.1) is 17.8 Å². The number of amides is 4. The van der Waals surface area contributed by atoms with Crippen molar-refractivity contribution in [1.29, 1.82) is 0 Å². The summed E-state index contributed by atoms with van der Waals surface area (Å²) < 4.78 is 9.54. The quantitative estimate of drug-likeness (QED) is 0.270. The van der Waals surface area contributed by atoms with Gasteiger partial charge < -0.3 is 19.7 Å². The summed E-state index contributed by atoms with van der Waals surface area (Å²) in [5.74, 6) is -0.512. The van der Waals surface area contributed by atoms with Crippen LogP contribution in [0.1, 0.15) is 90.2 Å². The van der Waals surface area contributed by atoms with Crippen molar-refractivity contribution in [3.8, 4) is 0 Å². The van der Waals surface area contributed by atoms with E-state index in [4.69, 9.17) is 19.5 Å². The number of hydrazine groups is 1. The summed E-state index contributed by atoms with van der Waals surface area (Å²) in [5.41, 5.74) is 9.07. The summed E-state index contributed by atoms with van der Waals surface area (Å²) in [4.78, 5) is 62.9. The molecule has 0 radical (unpaired) electrons. The predicted molar refractivity (Wildman–Crippen MR) is 206 cm³/mol. The van der Waals surface area contributed by atoms with Crippen LogP contribution in [0.5, 0.6) is 0 Å². The Hall–Kier alpha value is -5.00. The van der Waals surface area contributed by atoms with Crippen LogP contribution in [0.4, 0.5) is 9.59 Å². The van der Waals surface area contributed by atoms with Crippen LogP contribution >= 0.6 is 0 Å². The Morgan fingerprint density at radius 3 is 2.00 bits per heavy atom. The molecule has 6 rings (SSSR count). The van der Waals surface area contributed by atoms with Gasteiger partial charge in [-0.1, -0.05) is 51.0 Å². The van der Waals surface area contributed by atoms with Crippen molar-refractivity contribution < 1.29 is 28.7 Å². The van der Waals surface area contributed by atoms with Gasteiger partial charge in [0.15, 0.2) is 0 Å². The molecule has 2 aromatic rings. The topological polar surface area (TPSA) is 142 Å². The van der Waals surface area contributed by atoms with Crippen LogP contribution in [0.2, 0.25) is 0 Å². The lowest BCUT2D eigenvalue weighted by Gasteiger charge is -2.36. The van der Waals surface area contributed by atoms with Gasteiger partial charge in [-0.15, -0.1) is 0 Å². The molecule has 4 amide bonds. The fourth-order valence-electron chi connectivity index (χ4n) is 8.17. The third kappa shape index (κ3) is 8.16. The molecule has 1 saturated carbocycles. The standard InChI is InChI=1S/C41H52N6O6/c1-24(2)37(44-40(50)52-5)39(49)46-17-9-12-36(46)35-21-31(23-43-35)29-16-14-26-18-28(15-13-27(26)19-29)30-20-34(42-22-30)32-10-7-8-11-33(32)38(48)47(25(3)4)45-41(51)53-6/h13-16,18-19,22-25,32-33,36-37H,7-12,17,20-21H2,1-6H3,(H,44,50)(H,45,51)/t32?,33-,36+,37+/m1/s1. The minimum Gasteiger partial charge on any atom is -0.453 e. The molecule has 2 aromatic carbocycles. The van der Waals surface area contributed by atoms with Gasteiger partial charge in [0.05, 0.1) is 20.3 Å². The van der Waals surface area contributed by atoms with Gasteiger partial charge in [-0.25, -0.2) is 20.0 Å². The summed E-state index contributed by atoms with van der Waals surface area (Å²) >= 11 is 0. The average Bonchev–Trinajstić information content (AvgIpc) is 3.96. The van der Waals surface area contributed by atoms with Gasteiger partial charge in [-0.3, -0.25) is 19.6 Å². The van der Waals surface area contributed by atoms with Crippen molar-refractivity contribution >= 4 is 57.3 Å². The van der Waals surface area contributed by atoms with Crippen LogP contribution in [0.15, 0.2) is 58.8 Å². The number of allylic oxidation sites excluding steroid dienone is 2. The molecule has 12 nitrogen and oxygen atoms in total. The molecule has 2 fully saturated rings. The molecule has 12 heteroatoms. The number of likely N-dealkylation sites (tertiary alicyclic amines) is 1. The maximum Gasteiger partial charge on any atom is 0.425 e. The Balaban J connectivity index is 1.10. The minimum absolute atomic E-state index is 0.0168. The molecule has 0 bridgehead atoms. The fourth-order valence-corrected chi connectivity index (χ4v) is 8.17. The number of carbonyl (C=O) groups excluding carboxylic acids is 4. The number of carbonyl (C=O) groups is 4. The van der Waals surface area contributed by atoms with Crippen molar-refractivity contribution in [1.82, 2.24) is 20.7 Å². The molecule has 1 saturated heterocycles. The number of alkyl carbamates (subject to hydrolysis) is 1. The molecular formula is C41H52N6O6. The Labute approximate surface area is 311 Å². The van der Waals surface area contributed by atoms with Crippen LogP contribution in [-0.4, -0.2) is 84.2 Å². The van der Waals surface area contributed by atoms with Gasteiger partial charge in [0.1, 0.15) is 6.04 Å². The van der Waals surface area contributed by atoms with Gasteiger partial charge in [0, 0.05) is 61.1 Å². The largest absolute Gasteiger partial charge is 0.453 e. The third-order valence-corrected chi connectivity index (χ3v) is 11.1. The van der Waals surface area contributed by atoms with E-state index in [0.717, 1.165) is 83.0 Å². The normalized spacial score (nSPS) is 21.9. The van der Waals surface area contributed by atoms with E-state index < -0.39 is 18.2 Å². The van der Waals surface area contributed by atoms with E-state index in [0.29, 0.717) is 19.4 Å². The zero-order valence-corrected chi connectivity index (χ0v) is 31.7. The summed E-state index contributed by atoms with van der Waals surface area (Å²) in [6, 6.07) is 12.0. The number of hydrogen-bond donors (Lipinski definition) is 2. The first kappa shape index (κ1) is 37.7. The highest BCUT2D eigenvalue weighted by atomic mass is 16.5. The molecule has 1 aliphatic carbocycles. The molecule has 2 N–H and O–H groups in total. The summed E-state index contributed by atoms with van der Waals surface area (Å²) in [5, 5.41) is 6.37. The number of benzene rings is 2. The number of nitrogens with one attached hydrogen (secondary N) is 2. The van der Waals surface area contributed by atoms with E-state index in [1.807, 2.05) is 45.0 Å². The Morgan fingerprint density at radius 2 is 1.40 bits per heavy atom. The first-order valence-corrected chi connectivity index (χ1v) is 18.9. The number of methoxy groups -OCH3 is 2. The molecular weight excluding hydrogens is 672 g/mol. The number of hydrogen-bond acceptors (Lipinski definition) is 8. The maximum atomic E-state index is 13.7. The zero-order valence-electron chi connectivity index (χ0n) is 31.7. The molecule has 1 unspecified atom stereocenters. The Bertz CT molecular complexity index is 1880. The molecule has 0 aromatic heterocycles. The maximum absolute atomic E-state index is 13.7. The van der Waals surface area contributed by atoms with Gasteiger partial charge >= 0.3 is 12.2 Å². The predicted octanol–water partition coefficient (Wildman–Crippen LogP) is 6.90. The average molecular weight is 725 g/mol. The molecule has 53 heavy (non-hydrogen) atoms. The lowest BCUT2D eigenvalue weighted by Crippen LogP contribution is -2.54. The van der Waals surface area contributed by atoms with Crippen LogP contribution in [0.3, 0.4) is 0 Å². The van der Waals surface area contributed by atoms with Crippen LogP contribution < -0.4 is 10.7 Å². The SMILES string of the molecule is COC(=O)N[C@H](C(=O)N1CCC[C@H]1C1=NC=C(c2ccc3cc(C4=CN=C(C5CCCC[C@H]5C(=O)N(NC(=O)OC)C(C)C)C4)ccc3c2)C1)C(C)C. The second-order valence-electron chi connectivity index (χ2n) is 15.1. The highest BCUT2D eigenvalue weighted by molar-refractivity contribution is 6.05. The van der Waals surface area contributed by atoms with E-state index in [9.17, 15) is 19.2 Å². The summed E-state index contributed by atoms with van der Waals surface area (Å²) in [7, 11) is 2.59. The minimum atomic E-state index is -0.660. The van der Waals surface area contributed by atoms with E-state index in [2.05, 4.69) is 47.1 Å². The van der Waals surface area contributed by atoms with Crippen molar-refractivity contribution in [2.75, 3.05) is 20.8 Å². The van der Waals surface area contributed by atoms with Crippen LogP contribution in [-0.2, 0) is 19.1 Å². The monoisotopic (exact) mass is 724 g/mol. The lowest BCUT2D eigenvalue weighted by molar-refractivity contribution is -0.142. The highest BCUT2D eigenvalue weighted by Crippen LogP contribution is 2.39. The van der Waals surface area contributed by atoms with E-state index >= 15 is 0 Å². The number of rotatable bonds is 9. The second-order valence-corrected chi connectivity index (χ2v) is 15.1. The first-order valence-electron chi connectivity index (χ1n) is 18.9. The fraction of sp³-hybridized carbons (Fsp3) is 0.512. The lowest BCUT2D eigenvalue weighted by atomic mass is 9.74. The number of aliphatic imine (C=N–C) groups is 2. The van der Waals surface area contributed by atoms with E-state index in [-0.39, 0.29) is 41.7 Å². The van der Waals surface area contributed by atoms with Gasteiger partial charge in [0.2, 0.25) is 11.8 Å². The Kier molecular flexibility index (Phi) is 11.6. The van der Waals surface area contributed by atoms with E-state index in [1.54, 1.807) is 0 Å². The third-order valence-electron chi connectivity index (χ3n) is 11.1.